The van der Waals surface area contributed by atoms with Gasteiger partial charge < -0.3 is 20.4 Å². The van der Waals surface area contributed by atoms with Gasteiger partial charge in [-0.15, -0.1) is 0 Å². The molecule has 0 spiro atoms. The number of carboxylic acid groups (broad SMARTS) is 2. The van der Waals surface area contributed by atoms with E-state index in [1.54, 1.807) is 24.3 Å². The number of carboxylic acids is 2. The van der Waals surface area contributed by atoms with E-state index in [9.17, 15) is 14.4 Å². The molecular formula is C20H30N2O5. The van der Waals surface area contributed by atoms with Gasteiger partial charge in [0.1, 0.15) is 13.1 Å². The first-order valence-electron chi connectivity index (χ1n) is 9.50. The van der Waals surface area contributed by atoms with E-state index < -0.39 is 25.0 Å². The highest BCUT2D eigenvalue weighted by atomic mass is 16.4. The molecule has 0 fully saturated rings. The predicted octanol–water partition coefficient (Wildman–Crippen LogP) is 3.74. The van der Waals surface area contributed by atoms with Crippen LogP contribution in [0.4, 0.5) is 11.4 Å². The highest BCUT2D eigenvalue weighted by Crippen LogP contribution is 2.18. The Balaban J connectivity index is 2.42. The predicted molar refractivity (Wildman–Crippen MR) is 105 cm³/mol. The molecule has 1 amide bonds. The van der Waals surface area contributed by atoms with Crippen LogP contribution in [0.3, 0.4) is 0 Å². The molecule has 27 heavy (non-hydrogen) atoms. The summed E-state index contributed by atoms with van der Waals surface area (Å²) in [6.45, 7) is 1.37. The van der Waals surface area contributed by atoms with Crippen LogP contribution in [0.1, 0.15) is 58.3 Å². The maximum Gasteiger partial charge on any atom is 0.323 e. The van der Waals surface area contributed by atoms with E-state index in [2.05, 4.69) is 12.2 Å². The van der Waals surface area contributed by atoms with Crippen LogP contribution in [0.5, 0.6) is 0 Å². The number of hydrogen-bond donors (Lipinski definition) is 3. The van der Waals surface area contributed by atoms with Crippen LogP contribution >= 0.6 is 0 Å². The summed E-state index contributed by atoms with van der Waals surface area (Å²) >= 11 is 0. The summed E-state index contributed by atoms with van der Waals surface area (Å²) in [5.41, 5.74) is 1.09. The molecule has 0 saturated carbocycles. The minimum atomic E-state index is -1.11. The monoisotopic (exact) mass is 378 g/mol. The molecule has 0 atom stereocenters. The molecule has 1 rings (SSSR count). The van der Waals surface area contributed by atoms with E-state index >= 15 is 0 Å². The molecule has 1 aromatic rings. The van der Waals surface area contributed by atoms with Crippen LogP contribution in [0, 0.1) is 0 Å². The molecule has 7 nitrogen and oxygen atoms in total. The number of carbonyl (C=O) groups excluding carboxylic acids is 1. The Morgan fingerprint density at radius 3 is 1.89 bits per heavy atom. The summed E-state index contributed by atoms with van der Waals surface area (Å²) in [5, 5.41) is 20.6. The van der Waals surface area contributed by atoms with Crippen LogP contribution in [-0.2, 0) is 14.4 Å². The number of benzene rings is 1. The van der Waals surface area contributed by atoms with Crippen molar-refractivity contribution in [2.24, 2.45) is 0 Å². The van der Waals surface area contributed by atoms with Gasteiger partial charge in [0.05, 0.1) is 0 Å². The number of aliphatic carboxylic acids is 2. The van der Waals surface area contributed by atoms with E-state index in [-0.39, 0.29) is 5.91 Å². The van der Waals surface area contributed by atoms with Gasteiger partial charge in [0.15, 0.2) is 0 Å². The number of rotatable bonds is 14. The SMILES string of the molecule is CCCCCCCCCC(=O)Nc1ccc(N(CC(=O)O)CC(=O)O)cc1. The molecule has 0 radical (unpaired) electrons. The van der Waals surface area contributed by atoms with Crippen molar-refractivity contribution < 1.29 is 24.6 Å². The summed E-state index contributed by atoms with van der Waals surface area (Å²) in [4.78, 5) is 35.0. The van der Waals surface area contributed by atoms with Crippen LogP contribution < -0.4 is 10.2 Å². The van der Waals surface area contributed by atoms with E-state index in [4.69, 9.17) is 10.2 Å². The summed E-state index contributed by atoms with van der Waals surface area (Å²) in [7, 11) is 0. The lowest BCUT2D eigenvalue weighted by molar-refractivity contribution is -0.136. The second-order valence-electron chi connectivity index (χ2n) is 6.61. The average Bonchev–Trinajstić information content (AvgIpc) is 2.60. The first-order valence-corrected chi connectivity index (χ1v) is 9.50. The lowest BCUT2D eigenvalue weighted by atomic mass is 10.1. The van der Waals surface area contributed by atoms with Crippen molar-refractivity contribution in [3.05, 3.63) is 24.3 Å². The molecule has 0 aliphatic carbocycles. The van der Waals surface area contributed by atoms with Crippen molar-refractivity contribution in [3.8, 4) is 0 Å². The highest BCUT2D eigenvalue weighted by molar-refractivity contribution is 5.91. The summed E-state index contributed by atoms with van der Waals surface area (Å²) in [6.07, 6.45) is 8.52. The first-order chi connectivity index (χ1) is 12.9. The van der Waals surface area contributed by atoms with Crippen molar-refractivity contribution in [2.45, 2.75) is 58.3 Å². The number of carbonyl (C=O) groups is 3. The zero-order valence-electron chi connectivity index (χ0n) is 15.9. The standard InChI is InChI=1S/C20H30N2O5/c1-2-3-4-5-6-7-8-9-18(23)21-16-10-12-17(13-11-16)22(14-19(24)25)15-20(26)27/h10-13H,2-9,14-15H2,1H3,(H,21,23)(H,24,25)(H,26,27). The van der Waals surface area contributed by atoms with Crippen molar-refractivity contribution in [2.75, 3.05) is 23.3 Å². The Bertz CT molecular complexity index is 585. The van der Waals surface area contributed by atoms with E-state index in [0.717, 1.165) is 19.3 Å². The van der Waals surface area contributed by atoms with Crippen LogP contribution in [0.25, 0.3) is 0 Å². The number of unbranched alkanes of at least 4 members (excludes halogenated alkanes) is 6. The second kappa shape index (κ2) is 12.7. The Hall–Kier alpha value is -2.57. The lowest BCUT2D eigenvalue weighted by Gasteiger charge is -2.20. The average molecular weight is 378 g/mol. The van der Waals surface area contributed by atoms with Crippen LogP contribution in [0.2, 0.25) is 0 Å². The zero-order valence-corrected chi connectivity index (χ0v) is 15.9. The number of hydrogen-bond acceptors (Lipinski definition) is 4. The molecule has 0 unspecified atom stereocenters. The molecule has 1 aromatic carbocycles. The van der Waals surface area contributed by atoms with Gasteiger partial charge in [-0.1, -0.05) is 45.4 Å². The third-order valence-corrected chi connectivity index (χ3v) is 4.18. The van der Waals surface area contributed by atoms with E-state index in [0.29, 0.717) is 17.8 Å². The largest absolute Gasteiger partial charge is 0.480 e. The normalized spacial score (nSPS) is 10.4. The van der Waals surface area contributed by atoms with Crippen molar-refractivity contribution in [3.63, 3.8) is 0 Å². The van der Waals surface area contributed by atoms with Gasteiger partial charge in [-0.25, -0.2) is 0 Å². The molecule has 0 aliphatic rings. The third-order valence-electron chi connectivity index (χ3n) is 4.18. The lowest BCUT2D eigenvalue weighted by Crippen LogP contribution is -2.34. The summed E-state index contributed by atoms with van der Waals surface area (Å²) in [5.74, 6) is -2.27. The van der Waals surface area contributed by atoms with Gasteiger partial charge >= 0.3 is 11.9 Å². The van der Waals surface area contributed by atoms with Crippen LogP contribution in [-0.4, -0.2) is 41.1 Å². The maximum atomic E-state index is 12.0. The fourth-order valence-corrected chi connectivity index (χ4v) is 2.79. The minimum absolute atomic E-state index is 0.0516. The number of amides is 1. The van der Waals surface area contributed by atoms with Gasteiger partial charge in [0, 0.05) is 17.8 Å². The fraction of sp³-hybridized carbons (Fsp3) is 0.550. The third kappa shape index (κ3) is 10.2. The fourth-order valence-electron chi connectivity index (χ4n) is 2.79. The van der Waals surface area contributed by atoms with Gasteiger partial charge in [-0.2, -0.15) is 0 Å². The van der Waals surface area contributed by atoms with Crippen LogP contribution in [0.15, 0.2) is 24.3 Å². The molecule has 7 heteroatoms. The molecule has 0 aromatic heterocycles. The van der Waals surface area contributed by atoms with Gasteiger partial charge in [0.2, 0.25) is 5.91 Å². The number of nitrogens with one attached hydrogen (secondary N) is 1. The smallest absolute Gasteiger partial charge is 0.323 e. The van der Waals surface area contributed by atoms with Gasteiger partial charge in [0.25, 0.3) is 0 Å². The topological polar surface area (TPSA) is 107 Å². The Morgan fingerprint density at radius 1 is 0.852 bits per heavy atom. The maximum absolute atomic E-state index is 12.0. The van der Waals surface area contributed by atoms with Crippen molar-refractivity contribution in [1.82, 2.24) is 0 Å². The molecule has 0 aliphatic heterocycles. The van der Waals surface area contributed by atoms with Crippen molar-refractivity contribution in [1.29, 1.82) is 0 Å². The van der Waals surface area contributed by atoms with Gasteiger partial charge in [-0.3, -0.25) is 14.4 Å². The van der Waals surface area contributed by atoms with Crippen molar-refractivity contribution >= 4 is 29.2 Å². The molecular weight excluding hydrogens is 348 g/mol. The Labute approximate surface area is 160 Å². The molecule has 3 N–H and O–H groups in total. The first kappa shape index (κ1) is 22.5. The minimum Gasteiger partial charge on any atom is -0.480 e. The zero-order chi connectivity index (χ0) is 20.1. The highest BCUT2D eigenvalue weighted by Gasteiger charge is 2.14. The Morgan fingerprint density at radius 2 is 1.37 bits per heavy atom. The van der Waals surface area contributed by atoms with Gasteiger partial charge in [-0.05, 0) is 30.7 Å². The summed E-state index contributed by atoms with van der Waals surface area (Å²) < 4.78 is 0. The number of nitrogens with zero attached hydrogens (tertiary/aromatic N) is 1. The van der Waals surface area contributed by atoms with E-state index in [1.165, 1.54) is 30.6 Å². The quantitative estimate of drug-likeness (QED) is 0.426. The summed E-state index contributed by atoms with van der Waals surface area (Å²) in [6, 6.07) is 6.51. The molecule has 0 heterocycles. The number of anilines is 2. The van der Waals surface area contributed by atoms with E-state index in [1.807, 2.05) is 0 Å². The molecule has 0 saturated heterocycles. The molecule has 150 valence electrons. The second-order valence-corrected chi connectivity index (χ2v) is 6.61. The Kier molecular flexibility index (Phi) is 10.6. The molecule has 0 bridgehead atoms.